The number of benzene rings is 9. The number of aliphatic hydroxyl groups excluding tert-OH is 2. The highest BCUT2D eigenvalue weighted by Gasteiger charge is 2.08. The van der Waals surface area contributed by atoms with Crippen molar-refractivity contribution in [2.45, 2.75) is 44.6 Å². The molecule has 0 aromatic heterocycles. The number of aromatic hydroxyl groups is 2. The van der Waals surface area contributed by atoms with Gasteiger partial charge in [0.2, 0.25) is 0 Å². The van der Waals surface area contributed by atoms with E-state index in [1.165, 1.54) is 49.8 Å². The monoisotopic (exact) mass is 1410 g/mol. The number of carbonyl (C=O) groups is 7. The summed E-state index contributed by atoms with van der Waals surface area (Å²) >= 11 is 0. The third-order valence-electron chi connectivity index (χ3n) is 9.29. The van der Waals surface area contributed by atoms with Crippen molar-refractivity contribution < 1.29 is 120 Å². The van der Waals surface area contributed by atoms with Crippen molar-refractivity contribution in [3.8, 4) is 51.7 Å². The van der Waals surface area contributed by atoms with Gasteiger partial charge in [-0.15, -0.1) is 0 Å². The van der Waals surface area contributed by atoms with E-state index < -0.39 is 43.1 Å². The van der Waals surface area contributed by atoms with Crippen LogP contribution in [0, 0.1) is 0 Å². The van der Waals surface area contributed by atoms with Crippen molar-refractivity contribution in [2.24, 2.45) is 0 Å². The summed E-state index contributed by atoms with van der Waals surface area (Å²) < 4.78 is 63.0. The van der Waals surface area contributed by atoms with Crippen LogP contribution in [0.25, 0.3) is 0 Å². The molecule has 0 aliphatic rings. The molecule has 0 spiro atoms. The molecular formula is C76H100O25. The zero-order valence-electron chi connectivity index (χ0n) is 53.3. The maximum atomic E-state index is 11.3. The number of methoxy groups -OCH3 is 7. The lowest BCUT2D eigenvalue weighted by atomic mass is 10.3. The molecule has 25 nitrogen and oxygen atoms in total. The van der Waals surface area contributed by atoms with Crippen LogP contribution in [-0.4, -0.2) is 128 Å². The third kappa shape index (κ3) is 62.0. The van der Waals surface area contributed by atoms with Gasteiger partial charge in [0.25, 0.3) is 0 Å². The number of para-hydroxylation sites is 9. The molecule has 0 fully saturated rings. The van der Waals surface area contributed by atoms with E-state index in [1.54, 1.807) is 218 Å². The van der Waals surface area contributed by atoms with Crippen LogP contribution in [0.1, 0.15) is 44.6 Å². The summed E-state index contributed by atoms with van der Waals surface area (Å²) in [7, 11) is 10.8. The third-order valence-corrected chi connectivity index (χ3v) is 9.29. The van der Waals surface area contributed by atoms with E-state index in [1.807, 2.05) is 54.6 Å². The van der Waals surface area contributed by atoms with Gasteiger partial charge >= 0.3 is 43.1 Å². The highest BCUT2D eigenvalue weighted by Crippen LogP contribution is 2.16. The standard InChI is InChI=1S/2C13H10O3.3C8H8O3.2C6H6O.2C3H6O3.2CH4O.6CH4/c2*14-13(15-11-7-3-1-4-8-11)16-12-9-5-2-6-10-12;3*1-10-8(9)11-7-5-3-2-4-6-7;2*7-6-4-2-1-3-5-6;2*1-5-3(4)6-2;2*1-2;;;;;;/h2*1-10H;3*2-6H,1H3;2*1-5,7H;2*1-2H3;2*2H,1H3;6*1H4. The van der Waals surface area contributed by atoms with Crippen molar-refractivity contribution >= 4 is 43.1 Å². The van der Waals surface area contributed by atoms with Gasteiger partial charge in [0, 0.05) is 14.2 Å². The molecule has 0 radical (unpaired) electrons. The molecule has 9 rings (SSSR count). The second kappa shape index (κ2) is 73.2. The Hall–Kier alpha value is -12.6. The van der Waals surface area contributed by atoms with Crippen molar-refractivity contribution in [3.63, 3.8) is 0 Å². The van der Waals surface area contributed by atoms with Crippen molar-refractivity contribution in [1.29, 1.82) is 0 Å². The largest absolute Gasteiger partial charge is 0.519 e. The summed E-state index contributed by atoms with van der Waals surface area (Å²) in [5.74, 6) is 3.95. The molecule has 0 amide bonds. The number of aliphatic hydroxyl groups is 2. The highest BCUT2D eigenvalue weighted by molar-refractivity contribution is 5.68. The van der Waals surface area contributed by atoms with E-state index in [0.717, 1.165) is 14.2 Å². The maximum Gasteiger partial charge on any atom is 0.519 e. The first-order valence-corrected chi connectivity index (χ1v) is 27.1. The zero-order chi connectivity index (χ0) is 71.0. The van der Waals surface area contributed by atoms with Crippen LogP contribution in [-0.2, 0) is 33.2 Å². The van der Waals surface area contributed by atoms with Gasteiger partial charge < -0.3 is 86.7 Å². The lowest BCUT2D eigenvalue weighted by Crippen LogP contribution is -2.13. The van der Waals surface area contributed by atoms with Gasteiger partial charge in [0.1, 0.15) is 51.7 Å². The molecule has 0 saturated carbocycles. The Morgan fingerprint density at radius 3 is 0.386 bits per heavy atom. The molecule has 0 unspecified atom stereocenters. The number of ether oxygens (including phenoxy) is 14. The zero-order valence-corrected chi connectivity index (χ0v) is 53.3. The topological polar surface area (TPSA) is 330 Å². The Labute approximate surface area is 594 Å². The summed E-state index contributed by atoms with van der Waals surface area (Å²) in [5, 5.41) is 31.3. The lowest BCUT2D eigenvalue weighted by Gasteiger charge is -2.04. The summed E-state index contributed by atoms with van der Waals surface area (Å²) in [6.45, 7) is 0. The van der Waals surface area contributed by atoms with Gasteiger partial charge in [0.15, 0.2) is 0 Å². The van der Waals surface area contributed by atoms with Gasteiger partial charge in [0.05, 0.1) is 49.8 Å². The Kier molecular flexibility index (Phi) is 75.7. The fraction of sp³-hybridized carbons (Fsp3) is 0.197. The molecule has 4 N–H and O–H groups in total. The molecule has 0 saturated heterocycles. The van der Waals surface area contributed by atoms with Gasteiger partial charge in [-0.3, -0.25) is 0 Å². The number of hydrogen-bond acceptors (Lipinski definition) is 25. The predicted octanol–water partition coefficient (Wildman–Crippen LogP) is 18.6. The maximum absolute atomic E-state index is 11.3. The van der Waals surface area contributed by atoms with Crippen LogP contribution in [0.15, 0.2) is 273 Å². The molecule has 0 atom stereocenters. The molecule has 0 heterocycles. The normalized spacial score (nSPS) is 8.03. The fourth-order valence-electron chi connectivity index (χ4n) is 5.28. The number of hydrogen-bond donors (Lipinski definition) is 4. The van der Waals surface area contributed by atoms with Crippen molar-refractivity contribution in [2.75, 3.05) is 64.0 Å². The molecule has 554 valence electrons. The quantitative estimate of drug-likeness (QED) is 0.0654. The minimum absolute atomic E-state index is 0. The molecule has 9 aromatic rings. The lowest BCUT2D eigenvalue weighted by molar-refractivity contribution is 0.0915. The molecule has 0 bridgehead atoms. The predicted molar refractivity (Wildman–Crippen MR) is 389 cm³/mol. The summed E-state index contributed by atoms with van der Waals surface area (Å²) in [6.07, 6.45) is -4.89. The van der Waals surface area contributed by atoms with E-state index in [9.17, 15) is 33.6 Å². The fourth-order valence-corrected chi connectivity index (χ4v) is 5.28. The molecule has 101 heavy (non-hydrogen) atoms. The molecule has 0 aliphatic heterocycles. The number of rotatable bonds is 7. The molecular weight excluding hydrogens is 1310 g/mol. The van der Waals surface area contributed by atoms with Gasteiger partial charge in [-0.1, -0.05) is 208 Å². The Morgan fingerprint density at radius 2 is 0.297 bits per heavy atom. The van der Waals surface area contributed by atoms with Gasteiger partial charge in [-0.2, -0.15) is 0 Å². The summed E-state index contributed by atoms with van der Waals surface area (Å²) in [5.41, 5.74) is 0. The average Bonchev–Trinajstić information content (AvgIpc) is 1.00. The smallest absolute Gasteiger partial charge is 0.508 e. The van der Waals surface area contributed by atoms with E-state index in [0.29, 0.717) is 51.7 Å². The Balaban J connectivity index is -0.000000161. The van der Waals surface area contributed by atoms with Crippen LogP contribution in [0.5, 0.6) is 51.7 Å². The van der Waals surface area contributed by atoms with Crippen LogP contribution < -0.4 is 33.2 Å². The first kappa shape index (κ1) is 104. The van der Waals surface area contributed by atoms with Crippen molar-refractivity contribution in [1.82, 2.24) is 0 Å². The average molecular weight is 1410 g/mol. The summed E-state index contributed by atoms with van der Waals surface area (Å²) in [6, 6.07) is 78.8. The second-order valence-corrected chi connectivity index (χ2v) is 15.8. The van der Waals surface area contributed by atoms with Crippen LogP contribution >= 0.6 is 0 Å². The Bertz CT molecular complexity index is 2940. The minimum atomic E-state index is -0.739. The minimum Gasteiger partial charge on any atom is -0.508 e. The van der Waals surface area contributed by atoms with Gasteiger partial charge in [-0.25, -0.2) is 33.6 Å². The van der Waals surface area contributed by atoms with E-state index >= 15 is 0 Å². The Morgan fingerprint density at radius 1 is 0.188 bits per heavy atom. The number of phenolic OH excluding ortho intramolecular Hbond substituents is 2. The van der Waals surface area contributed by atoms with Crippen LogP contribution in [0.4, 0.5) is 33.6 Å². The van der Waals surface area contributed by atoms with Crippen LogP contribution in [0.2, 0.25) is 0 Å². The summed E-state index contributed by atoms with van der Waals surface area (Å²) in [4.78, 5) is 73.8. The van der Waals surface area contributed by atoms with Crippen LogP contribution in [0.3, 0.4) is 0 Å². The van der Waals surface area contributed by atoms with E-state index in [-0.39, 0.29) is 44.6 Å². The van der Waals surface area contributed by atoms with Gasteiger partial charge in [-0.05, 0) is 109 Å². The highest BCUT2D eigenvalue weighted by atomic mass is 16.8. The molecule has 25 heteroatoms. The second-order valence-electron chi connectivity index (χ2n) is 15.8. The van der Waals surface area contributed by atoms with Crippen molar-refractivity contribution in [3.05, 3.63) is 273 Å². The number of carbonyl (C=O) groups excluding carboxylic acids is 7. The first-order chi connectivity index (χ1) is 46.1. The number of phenols is 2. The van der Waals surface area contributed by atoms with E-state index in [2.05, 4.69) is 33.2 Å². The molecule has 0 aliphatic carbocycles. The molecule has 9 aromatic carbocycles. The van der Waals surface area contributed by atoms with E-state index in [4.69, 9.17) is 53.6 Å². The first-order valence-electron chi connectivity index (χ1n) is 27.1. The SMILES string of the molecule is C.C.C.C.C.C.CO.CO.COC(=O)OC.COC(=O)OC.COC(=O)Oc1ccccc1.COC(=O)Oc1ccccc1.COC(=O)Oc1ccccc1.O=C(Oc1ccccc1)Oc1ccccc1.O=C(Oc1ccccc1)Oc1ccccc1.Oc1ccccc1.Oc1ccccc1.